The van der Waals surface area contributed by atoms with Gasteiger partial charge in [0.25, 0.3) is 0 Å². The summed E-state index contributed by atoms with van der Waals surface area (Å²) in [6.07, 6.45) is 1.74. The molecule has 0 saturated heterocycles. The van der Waals surface area contributed by atoms with Gasteiger partial charge in [-0.2, -0.15) is 0 Å². The van der Waals surface area contributed by atoms with Gasteiger partial charge in [-0.1, -0.05) is 0 Å². The fourth-order valence-corrected chi connectivity index (χ4v) is 2.71. The molecule has 0 atom stereocenters. The molecule has 0 spiro atoms. The van der Waals surface area contributed by atoms with Crippen LogP contribution in [0.4, 0.5) is 0 Å². The Hall–Kier alpha value is 0.460. The summed E-state index contributed by atoms with van der Waals surface area (Å²) in [6.45, 7) is 0. The van der Waals surface area contributed by atoms with Gasteiger partial charge in [0, 0.05) is 21.3 Å². The third kappa shape index (κ3) is 2.76. The van der Waals surface area contributed by atoms with Crippen molar-refractivity contribution in [3.63, 3.8) is 0 Å². The maximum absolute atomic E-state index is 11.5. The number of hydrogen-bond acceptors (Lipinski definition) is 5. The van der Waals surface area contributed by atoms with E-state index in [0.717, 1.165) is 0 Å². The van der Waals surface area contributed by atoms with Gasteiger partial charge >= 0.3 is 0 Å². The van der Waals surface area contributed by atoms with E-state index in [1.54, 1.807) is 6.26 Å². The van der Waals surface area contributed by atoms with Crippen molar-refractivity contribution in [1.82, 2.24) is 0 Å². The van der Waals surface area contributed by atoms with Gasteiger partial charge in [-0.25, -0.2) is 0 Å². The lowest BCUT2D eigenvalue weighted by Crippen LogP contribution is -2.00. The molecule has 0 aliphatic heterocycles. The Morgan fingerprint density at radius 3 is 1.82 bits per heavy atom. The first-order chi connectivity index (χ1) is 5.14. The van der Waals surface area contributed by atoms with Crippen LogP contribution in [0.25, 0.3) is 0 Å². The number of methoxy groups -OCH3 is 1. The van der Waals surface area contributed by atoms with Gasteiger partial charge in [0.05, 0.1) is 0 Å². The normalized spacial score (nSPS) is 12.5. The van der Waals surface area contributed by atoms with Crippen LogP contribution in [0, 0.1) is 5.18 Å². The van der Waals surface area contributed by atoms with Crippen molar-refractivity contribution in [2.24, 2.45) is 0 Å². The summed E-state index contributed by atoms with van der Waals surface area (Å²) >= 11 is 1.21. The summed E-state index contributed by atoms with van der Waals surface area (Å²) < 4.78 is 25.7. The molecule has 0 aromatic heterocycles. The maximum Gasteiger partial charge on any atom is 0.223 e. The highest BCUT2D eigenvalue weighted by Gasteiger charge is 2.19. The lowest BCUT2D eigenvalue weighted by Gasteiger charge is -2.33. The molecule has 11 heavy (non-hydrogen) atoms. The van der Waals surface area contributed by atoms with Crippen molar-refractivity contribution in [1.29, 1.82) is 0 Å². The van der Waals surface area contributed by atoms with Crippen LogP contribution < -0.4 is 0 Å². The average molecular weight is 199 g/mol. The molecule has 0 fully saturated rings. The highest BCUT2D eigenvalue weighted by Crippen LogP contribution is 2.60. The maximum atomic E-state index is 11.5. The largest absolute Gasteiger partial charge is 0.528 e. The Morgan fingerprint density at radius 2 is 1.73 bits per heavy atom. The number of ether oxygens (including phenoxy) is 1. The Bertz CT molecular complexity index is 139. The van der Waals surface area contributed by atoms with Crippen LogP contribution in [0.15, 0.2) is 0 Å². The molecule has 0 unspecified atom stereocenters. The van der Waals surface area contributed by atoms with Crippen LogP contribution in [0.3, 0.4) is 0 Å². The molecule has 0 rings (SSSR count). The molecule has 6 heteroatoms. The minimum absolute atomic E-state index is 0.266. The molecular weight excluding hydrogens is 187 g/mol. The van der Waals surface area contributed by atoms with Crippen LogP contribution in [0.2, 0.25) is 0 Å². The first-order valence-corrected chi connectivity index (χ1v) is 5.58. The molecular formula is C5H12O4PS-. The lowest BCUT2D eigenvalue weighted by atomic mass is 11.5. The van der Waals surface area contributed by atoms with Gasteiger partial charge in [-0.15, -0.1) is 0 Å². The van der Waals surface area contributed by atoms with E-state index in [4.69, 9.17) is 4.74 Å². The van der Waals surface area contributed by atoms with Crippen LogP contribution in [0.1, 0.15) is 0 Å². The van der Waals surface area contributed by atoms with Crippen molar-refractivity contribution in [2.75, 3.05) is 27.6 Å². The summed E-state index contributed by atoms with van der Waals surface area (Å²) in [7, 11) is 0.931. The summed E-state index contributed by atoms with van der Waals surface area (Å²) in [5, 5.41) is 0.266. The molecule has 0 N–H and O–H groups in total. The average Bonchev–Trinajstić information content (AvgIpc) is 2.06. The van der Waals surface area contributed by atoms with Gasteiger partial charge in [-0.05, 0) is 11.4 Å². The SMILES string of the molecule is CO[C-](SC)P(=O)(OC)OC. The van der Waals surface area contributed by atoms with Crippen molar-refractivity contribution in [3.8, 4) is 0 Å². The fourth-order valence-electron chi connectivity index (χ4n) is 0.531. The molecule has 0 bridgehead atoms. The monoisotopic (exact) mass is 199 g/mol. The first kappa shape index (κ1) is 11.5. The second-order valence-electron chi connectivity index (χ2n) is 1.54. The molecule has 4 nitrogen and oxygen atoms in total. The van der Waals surface area contributed by atoms with E-state index >= 15 is 0 Å². The van der Waals surface area contributed by atoms with Crippen LogP contribution in [-0.2, 0) is 18.3 Å². The predicted molar refractivity (Wildman–Crippen MR) is 45.4 cm³/mol. The Labute approximate surface area is 71.1 Å². The minimum atomic E-state index is -3.13. The highest BCUT2D eigenvalue weighted by atomic mass is 32.2. The molecule has 0 saturated carbocycles. The van der Waals surface area contributed by atoms with E-state index in [0.29, 0.717) is 0 Å². The van der Waals surface area contributed by atoms with Crippen molar-refractivity contribution in [3.05, 3.63) is 5.18 Å². The third-order valence-corrected chi connectivity index (χ3v) is 4.38. The summed E-state index contributed by atoms with van der Waals surface area (Å²) in [5.74, 6) is 0. The first-order valence-electron chi connectivity index (χ1n) is 2.81. The molecule has 68 valence electrons. The van der Waals surface area contributed by atoms with Crippen LogP contribution in [0.5, 0.6) is 0 Å². The molecule has 0 aromatic rings. The minimum Gasteiger partial charge on any atom is -0.528 e. The molecule has 0 heterocycles. The van der Waals surface area contributed by atoms with E-state index in [-0.39, 0.29) is 5.18 Å². The summed E-state index contributed by atoms with van der Waals surface area (Å²) in [5.41, 5.74) is 0. The second kappa shape index (κ2) is 5.17. The molecule has 0 amide bonds. The highest BCUT2D eigenvalue weighted by molar-refractivity contribution is 8.07. The lowest BCUT2D eigenvalue weighted by molar-refractivity contribution is 0.223. The zero-order chi connectivity index (χ0) is 8.91. The van der Waals surface area contributed by atoms with Crippen molar-refractivity contribution >= 4 is 19.4 Å². The van der Waals surface area contributed by atoms with Crippen molar-refractivity contribution < 1.29 is 18.3 Å². The van der Waals surface area contributed by atoms with Gasteiger partial charge in [-0.3, -0.25) is 4.57 Å². The summed E-state index contributed by atoms with van der Waals surface area (Å²) in [4.78, 5) is 0. The van der Waals surface area contributed by atoms with Gasteiger partial charge in [0.2, 0.25) is 7.60 Å². The second-order valence-corrected chi connectivity index (χ2v) is 4.75. The molecule has 0 aliphatic rings. The number of rotatable bonds is 5. The van der Waals surface area contributed by atoms with Gasteiger partial charge in [0.15, 0.2) is 0 Å². The Morgan fingerprint density at radius 1 is 1.27 bits per heavy atom. The quantitative estimate of drug-likeness (QED) is 0.500. The number of hydrogen-bond donors (Lipinski definition) is 0. The third-order valence-electron chi connectivity index (χ3n) is 1.05. The Balaban J connectivity index is 4.32. The summed E-state index contributed by atoms with van der Waals surface area (Å²) in [6, 6.07) is 0. The molecule has 0 aromatic carbocycles. The zero-order valence-corrected chi connectivity index (χ0v) is 8.70. The van der Waals surface area contributed by atoms with E-state index in [2.05, 4.69) is 9.05 Å². The van der Waals surface area contributed by atoms with Gasteiger partial charge in [0.1, 0.15) is 0 Å². The van der Waals surface area contributed by atoms with E-state index in [1.165, 1.54) is 33.1 Å². The van der Waals surface area contributed by atoms with E-state index in [9.17, 15) is 4.57 Å². The van der Waals surface area contributed by atoms with Gasteiger partial charge < -0.3 is 25.5 Å². The topological polar surface area (TPSA) is 44.8 Å². The van der Waals surface area contributed by atoms with Crippen molar-refractivity contribution in [2.45, 2.75) is 0 Å². The molecule has 0 radical (unpaired) electrons. The zero-order valence-electron chi connectivity index (χ0n) is 6.99. The van der Waals surface area contributed by atoms with E-state index in [1.807, 2.05) is 0 Å². The smallest absolute Gasteiger partial charge is 0.223 e. The number of thioether (sulfide) groups is 1. The van der Waals surface area contributed by atoms with E-state index < -0.39 is 7.60 Å². The fraction of sp³-hybridized carbons (Fsp3) is 0.800. The Kier molecular flexibility index (Phi) is 5.38. The predicted octanol–water partition coefficient (Wildman–Crippen LogP) is 1.93. The molecule has 0 aliphatic carbocycles. The van der Waals surface area contributed by atoms with Crippen LogP contribution in [-0.4, -0.2) is 27.6 Å². The standard InChI is InChI=1S/C5H12O4PS/c1-7-5(11-4)10(6,8-2)9-3/h1-4H3/q-1. The van der Waals surface area contributed by atoms with Crippen LogP contribution >= 0.6 is 19.4 Å².